The molecule has 90 valence electrons. The van der Waals surface area contributed by atoms with Crippen molar-refractivity contribution in [1.29, 1.82) is 0 Å². The number of aromatic nitrogens is 2. The lowest BCUT2D eigenvalue weighted by molar-refractivity contribution is 0.374. The van der Waals surface area contributed by atoms with E-state index in [4.69, 9.17) is 4.52 Å². The summed E-state index contributed by atoms with van der Waals surface area (Å²) >= 11 is 0. The van der Waals surface area contributed by atoms with E-state index < -0.39 is 0 Å². The first-order chi connectivity index (χ1) is 7.94. The topological polar surface area (TPSA) is 59.2 Å². The van der Waals surface area contributed by atoms with E-state index in [1.54, 1.807) is 18.2 Å². The van der Waals surface area contributed by atoms with Crippen molar-refractivity contribution in [2.24, 2.45) is 5.41 Å². The highest BCUT2D eigenvalue weighted by molar-refractivity contribution is 5.55. The lowest BCUT2D eigenvalue weighted by Crippen LogP contribution is -2.10. The van der Waals surface area contributed by atoms with Gasteiger partial charge in [0.25, 0.3) is 5.89 Å². The third-order valence-corrected chi connectivity index (χ3v) is 2.25. The second kappa shape index (κ2) is 4.20. The second-order valence-corrected chi connectivity index (χ2v) is 5.30. The summed E-state index contributed by atoms with van der Waals surface area (Å²) in [4.78, 5) is 4.32. The summed E-state index contributed by atoms with van der Waals surface area (Å²) in [5, 5.41) is 13.3. The van der Waals surface area contributed by atoms with Crippen LogP contribution in [0.15, 0.2) is 28.8 Å². The molecule has 1 N–H and O–H groups in total. The average molecular weight is 232 g/mol. The Bertz CT molecular complexity index is 512. The van der Waals surface area contributed by atoms with Crippen molar-refractivity contribution in [2.75, 3.05) is 0 Å². The molecule has 0 atom stereocenters. The summed E-state index contributed by atoms with van der Waals surface area (Å²) in [6.45, 7) is 6.37. The predicted molar refractivity (Wildman–Crippen MR) is 64.6 cm³/mol. The van der Waals surface area contributed by atoms with E-state index in [-0.39, 0.29) is 11.2 Å². The lowest BCUT2D eigenvalue weighted by atomic mass is 9.92. The van der Waals surface area contributed by atoms with E-state index in [2.05, 4.69) is 30.9 Å². The van der Waals surface area contributed by atoms with Gasteiger partial charge in [0.15, 0.2) is 5.82 Å². The first-order valence-corrected chi connectivity index (χ1v) is 5.56. The maximum absolute atomic E-state index is 9.38. The van der Waals surface area contributed by atoms with Crippen molar-refractivity contribution >= 4 is 0 Å². The Labute approximate surface area is 100 Å². The molecule has 0 saturated heterocycles. The fourth-order valence-electron chi connectivity index (χ4n) is 1.56. The third kappa shape index (κ3) is 3.06. The van der Waals surface area contributed by atoms with Crippen molar-refractivity contribution in [3.63, 3.8) is 0 Å². The summed E-state index contributed by atoms with van der Waals surface area (Å²) < 4.78 is 5.18. The van der Waals surface area contributed by atoms with Gasteiger partial charge in [0.2, 0.25) is 0 Å². The first kappa shape index (κ1) is 11.6. The number of phenolic OH excluding ortho intramolecular Hbond substituents is 1. The highest BCUT2D eigenvalue weighted by atomic mass is 16.5. The highest BCUT2D eigenvalue weighted by Gasteiger charge is 2.16. The molecule has 0 fully saturated rings. The molecular formula is C13H16N2O2. The largest absolute Gasteiger partial charge is 0.508 e. The maximum atomic E-state index is 9.38. The van der Waals surface area contributed by atoms with Crippen LogP contribution in [0.1, 0.15) is 26.6 Å². The maximum Gasteiger partial charge on any atom is 0.258 e. The number of rotatable bonds is 2. The van der Waals surface area contributed by atoms with Crippen LogP contribution in [-0.2, 0) is 6.42 Å². The average Bonchev–Trinajstić information content (AvgIpc) is 2.63. The molecule has 0 radical (unpaired) electrons. The number of hydrogen-bond acceptors (Lipinski definition) is 4. The zero-order chi connectivity index (χ0) is 12.5. The van der Waals surface area contributed by atoms with Crippen molar-refractivity contribution in [2.45, 2.75) is 27.2 Å². The Hall–Kier alpha value is -1.84. The van der Waals surface area contributed by atoms with Gasteiger partial charge < -0.3 is 9.63 Å². The minimum atomic E-state index is 0.125. The van der Waals surface area contributed by atoms with Gasteiger partial charge in [-0.25, -0.2) is 0 Å². The minimum absolute atomic E-state index is 0.125. The summed E-state index contributed by atoms with van der Waals surface area (Å²) in [5.41, 5.74) is 0.859. The van der Waals surface area contributed by atoms with Crippen LogP contribution in [0.2, 0.25) is 0 Å². The molecule has 0 aliphatic rings. The smallest absolute Gasteiger partial charge is 0.258 e. The van der Waals surface area contributed by atoms with Crippen molar-refractivity contribution < 1.29 is 9.63 Å². The molecule has 2 aromatic rings. The summed E-state index contributed by atoms with van der Waals surface area (Å²) in [6.07, 6.45) is 0.759. The Morgan fingerprint density at radius 2 is 2.06 bits per heavy atom. The van der Waals surface area contributed by atoms with Gasteiger partial charge in [0.1, 0.15) is 5.75 Å². The predicted octanol–water partition coefficient (Wildman–Crippen LogP) is 3.03. The third-order valence-electron chi connectivity index (χ3n) is 2.25. The van der Waals surface area contributed by atoms with Gasteiger partial charge in [0, 0.05) is 12.0 Å². The van der Waals surface area contributed by atoms with Crippen molar-refractivity contribution in [3.8, 4) is 17.2 Å². The van der Waals surface area contributed by atoms with E-state index in [0.717, 1.165) is 12.0 Å². The van der Waals surface area contributed by atoms with Crippen LogP contribution in [0, 0.1) is 5.41 Å². The van der Waals surface area contributed by atoms with Crippen LogP contribution >= 0.6 is 0 Å². The molecule has 0 saturated carbocycles. The Kier molecular flexibility index (Phi) is 2.88. The molecule has 0 unspecified atom stereocenters. The Balaban J connectivity index is 2.24. The SMILES string of the molecule is CC(C)(C)Cc1noc(-c2cccc(O)c2)n1. The minimum Gasteiger partial charge on any atom is -0.508 e. The molecule has 4 heteroatoms. The van der Waals surface area contributed by atoms with Crippen LogP contribution < -0.4 is 0 Å². The van der Waals surface area contributed by atoms with Gasteiger partial charge in [-0.15, -0.1) is 0 Å². The molecule has 0 bridgehead atoms. The van der Waals surface area contributed by atoms with Crippen LogP contribution in [0.4, 0.5) is 0 Å². The van der Waals surface area contributed by atoms with Crippen LogP contribution in [0.25, 0.3) is 11.5 Å². The second-order valence-electron chi connectivity index (χ2n) is 5.30. The van der Waals surface area contributed by atoms with E-state index in [0.29, 0.717) is 11.7 Å². The van der Waals surface area contributed by atoms with Crippen molar-refractivity contribution in [3.05, 3.63) is 30.1 Å². The molecule has 0 amide bonds. The molecule has 1 aromatic heterocycles. The summed E-state index contributed by atoms with van der Waals surface area (Å²) in [7, 11) is 0. The van der Waals surface area contributed by atoms with E-state index in [1.165, 1.54) is 0 Å². The first-order valence-electron chi connectivity index (χ1n) is 5.56. The molecule has 4 nitrogen and oxygen atoms in total. The van der Waals surface area contributed by atoms with Crippen molar-refractivity contribution in [1.82, 2.24) is 10.1 Å². The zero-order valence-corrected chi connectivity index (χ0v) is 10.3. The number of benzene rings is 1. The van der Waals surface area contributed by atoms with Gasteiger partial charge in [-0.05, 0) is 23.6 Å². The highest BCUT2D eigenvalue weighted by Crippen LogP contribution is 2.24. The quantitative estimate of drug-likeness (QED) is 0.864. The van der Waals surface area contributed by atoms with Crippen LogP contribution in [0.3, 0.4) is 0 Å². The fourth-order valence-corrected chi connectivity index (χ4v) is 1.56. The molecule has 17 heavy (non-hydrogen) atoms. The molecule has 0 aliphatic carbocycles. The van der Waals surface area contributed by atoms with Gasteiger partial charge in [-0.1, -0.05) is 32.0 Å². The summed E-state index contributed by atoms with van der Waals surface area (Å²) in [6, 6.07) is 6.79. The van der Waals surface area contributed by atoms with Gasteiger partial charge in [0.05, 0.1) is 0 Å². The Morgan fingerprint density at radius 1 is 1.29 bits per heavy atom. The van der Waals surface area contributed by atoms with Gasteiger partial charge in [-0.2, -0.15) is 4.98 Å². The molecular weight excluding hydrogens is 216 g/mol. The number of phenols is 1. The van der Waals surface area contributed by atoms with Crippen LogP contribution in [0.5, 0.6) is 5.75 Å². The number of hydrogen-bond donors (Lipinski definition) is 1. The molecule has 0 spiro atoms. The Morgan fingerprint density at radius 3 is 2.71 bits per heavy atom. The molecule has 0 aliphatic heterocycles. The normalized spacial score (nSPS) is 11.7. The monoisotopic (exact) mass is 232 g/mol. The number of aromatic hydroxyl groups is 1. The molecule has 1 heterocycles. The zero-order valence-electron chi connectivity index (χ0n) is 10.3. The standard InChI is InChI=1S/C13H16N2O2/c1-13(2,3)8-11-14-12(17-15-11)9-5-4-6-10(16)7-9/h4-7,16H,8H2,1-3H3. The molecule has 2 rings (SSSR count). The number of nitrogens with zero attached hydrogens (tertiary/aromatic N) is 2. The van der Waals surface area contributed by atoms with E-state index in [9.17, 15) is 5.11 Å². The summed E-state index contributed by atoms with van der Waals surface area (Å²) in [5.74, 6) is 1.33. The fraction of sp³-hybridized carbons (Fsp3) is 0.385. The van der Waals surface area contributed by atoms with E-state index in [1.807, 2.05) is 6.07 Å². The molecule has 1 aromatic carbocycles. The van der Waals surface area contributed by atoms with Gasteiger partial charge in [-0.3, -0.25) is 0 Å². The lowest BCUT2D eigenvalue weighted by Gasteiger charge is -2.14. The van der Waals surface area contributed by atoms with E-state index >= 15 is 0 Å². The van der Waals surface area contributed by atoms with Crippen LogP contribution in [-0.4, -0.2) is 15.2 Å². The van der Waals surface area contributed by atoms with Gasteiger partial charge >= 0.3 is 0 Å².